The van der Waals surface area contributed by atoms with Crippen molar-refractivity contribution in [1.29, 1.82) is 0 Å². The van der Waals surface area contributed by atoms with E-state index >= 15 is 0 Å². The third-order valence-corrected chi connectivity index (χ3v) is 3.22. The van der Waals surface area contributed by atoms with Crippen LogP contribution in [0.15, 0.2) is 23.4 Å². The van der Waals surface area contributed by atoms with Gasteiger partial charge in [0.2, 0.25) is 0 Å². The number of aromatic nitrogens is 1. The molecule has 1 aliphatic rings. The number of ketones is 1. The molecule has 0 bridgehead atoms. The highest BCUT2D eigenvalue weighted by Crippen LogP contribution is 2.18. The van der Waals surface area contributed by atoms with Crippen molar-refractivity contribution < 1.29 is 8.68 Å². The number of nitrogens with zero attached hydrogens (tertiary/aromatic N) is 1. The van der Waals surface area contributed by atoms with E-state index in [-0.39, 0.29) is 24.0 Å². The average molecular weight is 296 g/mol. The Labute approximate surface area is 125 Å². The summed E-state index contributed by atoms with van der Waals surface area (Å²) in [6.45, 7) is 4.68. The van der Waals surface area contributed by atoms with Gasteiger partial charge >= 0.3 is 0 Å². The van der Waals surface area contributed by atoms with Crippen LogP contribution in [0.3, 0.4) is 0 Å². The van der Waals surface area contributed by atoms with Gasteiger partial charge in [-0.15, -0.1) is 12.8 Å². The molecule has 0 aromatic carbocycles. The monoisotopic (exact) mass is 296 g/mol. The van der Waals surface area contributed by atoms with Crippen LogP contribution in [0.2, 0.25) is 0 Å². The van der Waals surface area contributed by atoms with Crippen molar-refractivity contribution in [3.8, 4) is 12.8 Å². The molecule has 1 aliphatic heterocycles. The van der Waals surface area contributed by atoms with E-state index < -0.39 is 0 Å². The number of rotatable bonds is 3. The molecule has 1 aromatic rings. The van der Waals surface area contributed by atoms with Gasteiger partial charge in [-0.3, -0.25) is 9.78 Å². The Hall–Kier alpha value is -1.38. The summed E-state index contributed by atoms with van der Waals surface area (Å²) in [7, 11) is 0. The standard InChI is InChI=1S/C7H8FNS.C6H11NO.C2H2/c1-2-6-3-7(10-8)5-9-4-6;1-5(8)6-3-2-4-7-6;1-2/h3-5H,2H2,1H3;6-7H,2-4H2,1H3;1-2H/t;6-;/m.0./s1. The fourth-order valence-corrected chi connectivity index (χ4v) is 2.03. The van der Waals surface area contributed by atoms with Crippen molar-refractivity contribution in [3.05, 3.63) is 24.0 Å². The Kier molecular flexibility index (Phi) is 10.7. The van der Waals surface area contributed by atoms with E-state index in [2.05, 4.69) is 23.1 Å². The molecule has 0 aliphatic carbocycles. The van der Waals surface area contributed by atoms with Crippen molar-refractivity contribution in [2.45, 2.75) is 44.0 Å². The molecule has 0 amide bonds. The van der Waals surface area contributed by atoms with Gasteiger partial charge in [-0.2, -0.15) is 3.89 Å². The van der Waals surface area contributed by atoms with Crippen LogP contribution in [0.1, 0.15) is 32.3 Å². The Morgan fingerprint density at radius 2 is 2.25 bits per heavy atom. The third kappa shape index (κ3) is 7.27. The number of aryl methyl sites for hydroxylation is 1. The number of hydrogen-bond donors (Lipinski definition) is 1. The minimum Gasteiger partial charge on any atom is -0.307 e. The molecular formula is C15H21FN2OS. The quantitative estimate of drug-likeness (QED) is 0.870. The Balaban J connectivity index is 0.000000327. The second kappa shape index (κ2) is 11.4. The molecule has 1 fully saturated rings. The fraction of sp³-hybridized carbons (Fsp3) is 0.467. The van der Waals surface area contributed by atoms with Crippen LogP contribution < -0.4 is 5.32 Å². The lowest BCUT2D eigenvalue weighted by Crippen LogP contribution is -2.28. The summed E-state index contributed by atoms with van der Waals surface area (Å²) in [6.07, 6.45) is 14.4. The predicted molar refractivity (Wildman–Crippen MR) is 82.2 cm³/mol. The van der Waals surface area contributed by atoms with E-state index in [1.54, 1.807) is 19.2 Å². The first-order valence-corrected chi connectivity index (χ1v) is 7.18. The zero-order valence-corrected chi connectivity index (χ0v) is 12.8. The number of nitrogens with one attached hydrogen (secondary N) is 1. The minimum absolute atomic E-state index is 0.176. The zero-order chi connectivity index (χ0) is 15.4. The number of carbonyl (C=O) groups excluding carboxylic acids is 1. The van der Waals surface area contributed by atoms with E-state index in [0.29, 0.717) is 4.90 Å². The molecule has 1 atom stereocenters. The van der Waals surface area contributed by atoms with Gasteiger partial charge in [0.1, 0.15) is 5.78 Å². The Bertz CT molecular complexity index is 398. The second-order valence-electron chi connectivity index (χ2n) is 4.22. The van der Waals surface area contributed by atoms with Crippen molar-refractivity contribution in [1.82, 2.24) is 10.3 Å². The van der Waals surface area contributed by atoms with Gasteiger partial charge in [0.25, 0.3) is 0 Å². The molecule has 1 aromatic heterocycles. The molecule has 20 heavy (non-hydrogen) atoms. The highest BCUT2D eigenvalue weighted by molar-refractivity contribution is 7.94. The summed E-state index contributed by atoms with van der Waals surface area (Å²) in [4.78, 5) is 15.0. The molecule has 0 unspecified atom stereocenters. The number of halogens is 1. The van der Waals surface area contributed by atoms with Crippen LogP contribution in [0.4, 0.5) is 3.89 Å². The number of terminal acetylenes is 1. The SMILES string of the molecule is C#C.CC(=O)[C@@H]1CCCN1.CCc1cncc(SF)c1. The van der Waals surface area contributed by atoms with Gasteiger partial charge in [0.05, 0.1) is 23.1 Å². The average Bonchev–Trinajstić information content (AvgIpc) is 3.04. The topological polar surface area (TPSA) is 42.0 Å². The first-order valence-electron chi connectivity index (χ1n) is 6.47. The molecule has 2 rings (SSSR count). The van der Waals surface area contributed by atoms with Crippen LogP contribution >= 0.6 is 12.1 Å². The lowest BCUT2D eigenvalue weighted by atomic mass is 10.2. The van der Waals surface area contributed by atoms with Crippen LogP contribution in [0.25, 0.3) is 0 Å². The van der Waals surface area contributed by atoms with E-state index in [0.717, 1.165) is 31.4 Å². The van der Waals surface area contributed by atoms with Crippen LogP contribution in [0, 0.1) is 12.8 Å². The molecule has 5 heteroatoms. The summed E-state index contributed by atoms with van der Waals surface area (Å²) < 4.78 is 11.9. The van der Waals surface area contributed by atoms with Crippen molar-refractivity contribution in [2.24, 2.45) is 0 Å². The highest BCUT2D eigenvalue weighted by Gasteiger charge is 2.17. The van der Waals surface area contributed by atoms with E-state index in [1.165, 1.54) is 6.20 Å². The third-order valence-electron chi connectivity index (χ3n) is 2.82. The maximum Gasteiger partial charge on any atom is 0.146 e. The molecule has 0 radical (unpaired) electrons. The molecule has 0 saturated carbocycles. The zero-order valence-electron chi connectivity index (χ0n) is 11.9. The summed E-state index contributed by atoms with van der Waals surface area (Å²) in [5, 5.41) is 3.11. The van der Waals surface area contributed by atoms with Gasteiger partial charge in [-0.05, 0) is 44.4 Å². The molecule has 2 heterocycles. The summed E-state index contributed by atoms with van der Waals surface area (Å²) >= 11 is 0.236. The van der Waals surface area contributed by atoms with Crippen LogP contribution in [0.5, 0.6) is 0 Å². The van der Waals surface area contributed by atoms with Gasteiger partial charge in [-0.25, -0.2) is 0 Å². The summed E-state index contributed by atoms with van der Waals surface area (Å²) in [5.41, 5.74) is 1.07. The van der Waals surface area contributed by atoms with Gasteiger partial charge in [0, 0.05) is 12.4 Å². The van der Waals surface area contributed by atoms with E-state index in [4.69, 9.17) is 0 Å². The Morgan fingerprint density at radius 3 is 2.65 bits per heavy atom. The molecular weight excluding hydrogens is 275 g/mol. The lowest BCUT2D eigenvalue weighted by Gasteiger charge is -2.01. The molecule has 0 spiro atoms. The van der Waals surface area contributed by atoms with Crippen molar-refractivity contribution in [2.75, 3.05) is 6.54 Å². The number of Topliss-reactive ketones (excluding diaryl/α,β-unsaturated/α-hetero) is 1. The van der Waals surface area contributed by atoms with Gasteiger partial charge < -0.3 is 5.32 Å². The fourth-order valence-electron chi connectivity index (χ4n) is 1.73. The predicted octanol–water partition coefficient (Wildman–Crippen LogP) is 3.20. The van der Waals surface area contributed by atoms with Crippen LogP contribution in [-0.2, 0) is 11.2 Å². The largest absolute Gasteiger partial charge is 0.307 e. The van der Waals surface area contributed by atoms with Gasteiger partial charge in [0.15, 0.2) is 0 Å². The summed E-state index contributed by atoms with van der Waals surface area (Å²) in [5.74, 6) is 0.280. The van der Waals surface area contributed by atoms with E-state index in [9.17, 15) is 8.68 Å². The van der Waals surface area contributed by atoms with Crippen molar-refractivity contribution >= 4 is 17.9 Å². The van der Waals surface area contributed by atoms with Crippen molar-refractivity contribution in [3.63, 3.8) is 0 Å². The van der Waals surface area contributed by atoms with Crippen LogP contribution in [-0.4, -0.2) is 23.4 Å². The maximum atomic E-state index is 11.9. The first-order chi connectivity index (χ1) is 9.67. The smallest absolute Gasteiger partial charge is 0.146 e. The lowest BCUT2D eigenvalue weighted by molar-refractivity contribution is -0.118. The molecule has 110 valence electrons. The highest BCUT2D eigenvalue weighted by atomic mass is 32.2. The first kappa shape index (κ1) is 18.6. The van der Waals surface area contributed by atoms with E-state index in [1.807, 2.05) is 6.92 Å². The summed E-state index contributed by atoms with van der Waals surface area (Å²) in [6, 6.07) is 1.98. The minimum atomic E-state index is 0.176. The second-order valence-corrected chi connectivity index (χ2v) is 4.84. The maximum absolute atomic E-state index is 11.9. The number of hydrogen-bond acceptors (Lipinski definition) is 4. The molecule has 1 N–H and O–H groups in total. The normalized spacial score (nSPS) is 16.4. The Morgan fingerprint density at radius 1 is 1.55 bits per heavy atom. The van der Waals surface area contributed by atoms with Gasteiger partial charge in [-0.1, -0.05) is 6.92 Å². The number of carbonyl (C=O) groups is 1. The number of pyridine rings is 1. The molecule has 3 nitrogen and oxygen atoms in total. The molecule has 1 saturated heterocycles.